The zero-order chi connectivity index (χ0) is 12.4. The SMILES string of the molecule is O=CC1(COCc2ccccc2)CC(F)(F)C1. The summed E-state index contributed by atoms with van der Waals surface area (Å²) in [5.74, 6) is -2.70. The van der Waals surface area contributed by atoms with E-state index in [1.165, 1.54) is 0 Å². The second kappa shape index (κ2) is 4.53. The number of alkyl halides is 2. The summed E-state index contributed by atoms with van der Waals surface area (Å²) in [7, 11) is 0. The molecule has 0 aliphatic heterocycles. The summed E-state index contributed by atoms with van der Waals surface area (Å²) < 4.78 is 30.9. The van der Waals surface area contributed by atoms with Crippen LogP contribution in [0.2, 0.25) is 0 Å². The summed E-state index contributed by atoms with van der Waals surface area (Å²) in [4.78, 5) is 10.8. The maximum atomic E-state index is 12.8. The van der Waals surface area contributed by atoms with Gasteiger partial charge >= 0.3 is 0 Å². The summed E-state index contributed by atoms with van der Waals surface area (Å²) in [6.45, 7) is 0.420. The van der Waals surface area contributed by atoms with Gasteiger partial charge in [0.15, 0.2) is 0 Å². The number of hydrogen-bond acceptors (Lipinski definition) is 2. The van der Waals surface area contributed by atoms with E-state index in [0.29, 0.717) is 12.9 Å². The number of benzene rings is 1. The lowest BCUT2D eigenvalue weighted by Crippen LogP contribution is -2.49. The van der Waals surface area contributed by atoms with Crippen LogP contribution in [0.4, 0.5) is 8.78 Å². The first-order valence-electron chi connectivity index (χ1n) is 5.51. The Kier molecular flexibility index (Phi) is 3.24. The molecule has 17 heavy (non-hydrogen) atoms. The second-order valence-electron chi connectivity index (χ2n) is 4.67. The second-order valence-corrected chi connectivity index (χ2v) is 4.67. The van der Waals surface area contributed by atoms with Gasteiger partial charge in [-0.2, -0.15) is 0 Å². The minimum absolute atomic E-state index is 0.0704. The molecule has 0 bridgehead atoms. The van der Waals surface area contributed by atoms with Crippen LogP contribution >= 0.6 is 0 Å². The molecule has 4 heteroatoms. The van der Waals surface area contributed by atoms with Crippen molar-refractivity contribution in [2.75, 3.05) is 6.61 Å². The summed E-state index contributed by atoms with van der Waals surface area (Å²) in [6.07, 6.45) is -0.175. The van der Waals surface area contributed by atoms with E-state index in [9.17, 15) is 13.6 Å². The minimum atomic E-state index is -2.70. The number of rotatable bonds is 5. The molecule has 0 radical (unpaired) electrons. The molecular weight excluding hydrogens is 226 g/mol. The average molecular weight is 240 g/mol. The Morgan fingerprint density at radius 3 is 2.41 bits per heavy atom. The fraction of sp³-hybridized carbons (Fsp3) is 0.462. The van der Waals surface area contributed by atoms with E-state index >= 15 is 0 Å². The van der Waals surface area contributed by atoms with Gasteiger partial charge in [0, 0.05) is 12.8 Å². The lowest BCUT2D eigenvalue weighted by Gasteiger charge is -2.42. The van der Waals surface area contributed by atoms with Crippen LogP contribution in [0.15, 0.2) is 30.3 Å². The van der Waals surface area contributed by atoms with Crippen molar-refractivity contribution in [2.45, 2.75) is 25.4 Å². The standard InChI is InChI=1S/C13H14F2O2/c14-13(15)7-12(8-13,9-16)10-17-6-11-4-2-1-3-5-11/h1-5,9H,6-8,10H2. The smallest absolute Gasteiger partial charge is 0.250 e. The molecule has 92 valence electrons. The van der Waals surface area contributed by atoms with E-state index in [4.69, 9.17) is 4.74 Å². The van der Waals surface area contributed by atoms with E-state index in [1.807, 2.05) is 30.3 Å². The van der Waals surface area contributed by atoms with Crippen molar-refractivity contribution in [1.82, 2.24) is 0 Å². The van der Waals surface area contributed by atoms with Crippen LogP contribution in [0.25, 0.3) is 0 Å². The molecule has 2 nitrogen and oxygen atoms in total. The van der Waals surface area contributed by atoms with E-state index < -0.39 is 24.2 Å². The molecule has 0 N–H and O–H groups in total. The van der Waals surface area contributed by atoms with Crippen molar-refractivity contribution in [3.63, 3.8) is 0 Å². The van der Waals surface area contributed by atoms with Crippen molar-refractivity contribution < 1.29 is 18.3 Å². The molecule has 1 saturated carbocycles. The highest BCUT2D eigenvalue weighted by atomic mass is 19.3. The average Bonchev–Trinajstić information content (AvgIpc) is 2.27. The van der Waals surface area contributed by atoms with Crippen LogP contribution in [-0.4, -0.2) is 18.8 Å². The van der Waals surface area contributed by atoms with Gasteiger partial charge < -0.3 is 9.53 Å². The van der Waals surface area contributed by atoms with E-state index in [1.54, 1.807) is 0 Å². The van der Waals surface area contributed by atoms with E-state index in [2.05, 4.69) is 0 Å². The Bertz CT molecular complexity index is 382. The maximum Gasteiger partial charge on any atom is 0.250 e. The van der Waals surface area contributed by atoms with Crippen LogP contribution in [0.1, 0.15) is 18.4 Å². The van der Waals surface area contributed by atoms with Gasteiger partial charge in [-0.15, -0.1) is 0 Å². The third-order valence-electron chi connectivity index (χ3n) is 2.97. The van der Waals surface area contributed by atoms with Crippen LogP contribution in [0.5, 0.6) is 0 Å². The normalized spacial score (nSPS) is 20.6. The van der Waals surface area contributed by atoms with Gasteiger partial charge in [0.25, 0.3) is 0 Å². The third-order valence-corrected chi connectivity index (χ3v) is 2.97. The molecular formula is C13H14F2O2. The number of aldehydes is 1. The first kappa shape index (κ1) is 12.2. The third kappa shape index (κ3) is 2.88. The van der Waals surface area contributed by atoms with Crippen LogP contribution in [-0.2, 0) is 16.1 Å². The zero-order valence-corrected chi connectivity index (χ0v) is 9.36. The van der Waals surface area contributed by atoms with Crippen LogP contribution in [0, 0.1) is 5.41 Å². The molecule has 0 unspecified atom stereocenters. The van der Waals surface area contributed by atoms with Gasteiger partial charge in [0.1, 0.15) is 6.29 Å². The fourth-order valence-electron chi connectivity index (χ4n) is 2.14. The van der Waals surface area contributed by atoms with Gasteiger partial charge in [-0.05, 0) is 5.56 Å². The predicted molar refractivity (Wildman–Crippen MR) is 58.8 cm³/mol. The molecule has 1 aliphatic carbocycles. The lowest BCUT2D eigenvalue weighted by atomic mass is 9.67. The highest BCUT2D eigenvalue weighted by molar-refractivity contribution is 5.62. The van der Waals surface area contributed by atoms with Gasteiger partial charge in [-0.25, -0.2) is 8.78 Å². The van der Waals surface area contributed by atoms with Crippen molar-refractivity contribution in [3.05, 3.63) is 35.9 Å². The zero-order valence-electron chi connectivity index (χ0n) is 9.36. The molecule has 2 rings (SSSR count). The Morgan fingerprint density at radius 1 is 1.24 bits per heavy atom. The number of carbonyl (C=O) groups excluding carboxylic acids is 1. The summed E-state index contributed by atoms with van der Waals surface area (Å²) in [6, 6.07) is 9.44. The Hall–Kier alpha value is -1.29. The van der Waals surface area contributed by atoms with Crippen molar-refractivity contribution in [3.8, 4) is 0 Å². The molecule has 1 fully saturated rings. The van der Waals surface area contributed by atoms with Crippen molar-refractivity contribution in [1.29, 1.82) is 0 Å². The first-order valence-corrected chi connectivity index (χ1v) is 5.51. The molecule has 1 aliphatic rings. The van der Waals surface area contributed by atoms with Gasteiger partial charge in [0.05, 0.1) is 18.6 Å². The monoisotopic (exact) mass is 240 g/mol. The van der Waals surface area contributed by atoms with Crippen molar-refractivity contribution in [2.24, 2.45) is 5.41 Å². The summed E-state index contributed by atoms with van der Waals surface area (Å²) >= 11 is 0. The molecule has 0 saturated heterocycles. The molecule has 0 heterocycles. The Morgan fingerprint density at radius 2 is 1.88 bits per heavy atom. The predicted octanol–water partition coefficient (Wildman–Crippen LogP) is 2.82. The van der Waals surface area contributed by atoms with Crippen LogP contribution < -0.4 is 0 Å². The van der Waals surface area contributed by atoms with E-state index in [-0.39, 0.29) is 6.61 Å². The Labute approximate surface area is 98.6 Å². The molecule has 1 aromatic rings. The van der Waals surface area contributed by atoms with E-state index in [0.717, 1.165) is 5.56 Å². The number of ether oxygens (including phenoxy) is 1. The Balaban J connectivity index is 1.81. The molecule has 0 amide bonds. The van der Waals surface area contributed by atoms with Crippen molar-refractivity contribution >= 4 is 6.29 Å². The topological polar surface area (TPSA) is 26.3 Å². The summed E-state index contributed by atoms with van der Waals surface area (Å²) in [5.41, 5.74) is -0.00205. The first-order chi connectivity index (χ1) is 8.05. The lowest BCUT2D eigenvalue weighted by molar-refractivity contribution is -0.182. The minimum Gasteiger partial charge on any atom is -0.376 e. The number of hydrogen-bond donors (Lipinski definition) is 0. The number of carbonyl (C=O) groups is 1. The quantitative estimate of drug-likeness (QED) is 0.740. The fourth-order valence-corrected chi connectivity index (χ4v) is 2.14. The largest absolute Gasteiger partial charge is 0.376 e. The summed E-state index contributed by atoms with van der Waals surface area (Å²) in [5, 5.41) is 0. The number of halogens is 2. The van der Waals surface area contributed by atoms with Gasteiger partial charge in [0.2, 0.25) is 5.92 Å². The maximum absolute atomic E-state index is 12.8. The highest BCUT2D eigenvalue weighted by Gasteiger charge is 2.56. The molecule has 0 aromatic heterocycles. The molecule has 0 atom stereocenters. The molecule has 1 aromatic carbocycles. The highest BCUT2D eigenvalue weighted by Crippen LogP contribution is 2.50. The van der Waals surface area contributed by atoms with Gasteiger partial charge in [-0.1, -0.05) is 30.3 Å². The van der Waals surface area contributed by atoms with Crippen LogP contribution in [0.3, 0.4) is 0 Å². The molecule has 0 spiro atoms. The van der Waals surface area contributed by atoms with Gasteiger partial charge in [-0.3, -0.25) is 0 Å².